The van der Waals surface area contributed by atoms with Crippen molar-refractivity contribution in [2.75, 3.05) is 17.1 Å². The van der Waals surface area contributed by atoms with E-state index in [0.717, 1.165) is 47.7 Å². The highest BCUT2D eigenvalue weighted by Gasteiger charge is 2.30. The molecule has 1 aromatic rings. The highest BCUT2D eigenvalue weighted by molar-refractivity contribution is 7.92. The summed E-state index contributed by atoms with van der Waals surface area (Å²) in [5.74, 6) is -0.270. The van der Waals surface area contributed by atoms with E-state index in [2.05, 4.69) is 5.32 Å². The van der Waals surface area contributed by atoms with Crippen LogP contribution in [0.5, 0.6) is 0 Å². The number of nitrogens with one attached hydrogen (secondary N) is 1. The Morgan fingerprint density at radius 3 is 2.26 bits per heavy atom. The van der Waals surface area contributed by atoms with Gasteiger partial charge in [-0.3, -0.25) is 9.10 Å². The van der Waals surface area contributed by atoms with E-state index in [9.17, 15) is 26.4 Å². The SMILES string of the molecule is CS(=O)(=O)N(CCC(=O)NC1CC1)c1ccc(C(F)(F)F)cc1. The monoisotopic (exact) mass is 350 g/mol. The summed E-state index contributed by atoms with van der Waals surface area (Å²) in [4.78, 5) is 11.7. The maximum absolute atomic E-state index is 12.6. The Kier molecular flexibility index (Phi) is 4.88. The minimum absolute atomic E-state index is 0.0510. The van der Waals surface area contributed by atoms with Gasteiger partial charge in [0.15, 0.2) is 0 Å². The molecule has 9 heteroatoms. The van der Waals surface area contributed by atoms with Crippen molar-refractivity contribution in [2.24, 2.45) is 0 Å². The van der Waals surface area contributed by atoms with Crippen LogP contribution >= 0.6 is 0 Å². The smallest absolute Gasteiger partial charge is 0.353 e. The number of benzene rings is 1. The number of alkyl halides is 3. The zero-order valence-corrected chi connectivity index (χ0v) is 13.2. The highest BCUT2D eigenvalue weighted by atomic mass is 32.2. The first-order valence-corrected chi connectivity index (χ1v) is 8.86. The van der Waals surface area contributed by atoms with Gasteiger partial charge in [0.2, 0.25) is 15.9 Å². The lowest BCUT2D eigenvalue weighted by atomic mass is 10.2. The molecule has 0 unspecified atom stereocenters. The number of halogens is 3. The molecule has 23 heavy (non-hydrogen) atoms. The van der Waals surface area contributed by atoms with Crippen molar-refractivity contribution in [1.29, 1.82) is 0 Å². The second-order valence-electron chi connectivity index (χ2n) is 5.47. The molecule has 0 aliphatic heterocycles. The molecule has 0 aromatic heterocycles. The fourth-order valence-corrected chi connectivity index (χ4v) is 2.96. The van der Waals surface area contributed by atoms with Crippen LogP contribution in [0.3, 0.4) is 0 Å². The molecule has 1 N–H and O–H groups in total. The summed E-state index contributed by atoms with van der Waals surface area (Å²) >= 11 is 0. The predicted octanol–water partition coefficient (Wildman–Crippen LogP) is 2.14. The van der Waals surface area contributed by atoms with Crippen molar-refractivity contribution in [3.05, 3.63) is 29.8 Å². The minimum Gasteiger partial charge on any atom is -0.353 e. The van der Waals surface area contributed by atoms with E-state index in [0.29, 0.717) is 0 Å². The lowest BCUT2D eigenvalue weighted by molar-refractivity contribution is -0.137. The number of rotatable bonds is 6. The Morgan fingerprint density at radius 1 is 1.26 bits per heavy atom. The summed E-state index contributed by atoms with van der Waals surface area (Å²) in [5.41, 5.74) is -0.763. The molecule has 1 aromatic carbocycles. The van der Waals surface area contributed by atoms with E-state index in [1.54, 1.807) is 0 Å². The van der Waals surface area contributed by atoms with Crippen LogP contribution in [0.4, 0.5) is 18.9 Å². The third-order valence-electron chi connectivity index (χ3n) is 3.37. The molecule has 128 valence electrons. The van der Waals surface area contributed by atoms with Crippen molar-refractivity contribution in [1.82, 2.24) is 5.32 Å². The molecule has 0 atom stereocenters. The van der Waals surface area contributed by atoms with Crippen LogP contribution in [0.25, 0.3) is 0 Å². The Morgan fingerprint density at radius 2 is 1.83 bits per heavy atom. The number of carbonyl (C=O) groups excluding carboxylic acids is 1. The van der Waals surface area contributed by atoms with Gasteiger partial charge in [-0.1, -0.05) is 0 Å². The lowest BCUT2D eigenvalue weighted by Gasteiger charge is -2.22. The Labute approximate surface area is 132 Å². The number of hydrogen-bond donors (Lipinski definition) is 1. The first-order valence-electron chi connectivity index (χ1n) is 7.02. The van der Waals surface area contributed by atoms with Crippen LogP contribution in [0.1, 0.15) is 24.8 Å². The van der Waals surface area contributed by atoms with Crippen LogP contribution in [-0.4, -0.2) is 33.2 Å². The zero-order valence-electron chi connectivity index (χ0n) is 12.4. The topological polar surface area (TPSA) is 66.5 Å². The van der Waals surface area contributed by atoms with Crippen molar-refractivity contribution < 1.29 is 26.4 Å². The number of anilines is 1. The summed E-state index contributed by atoms with van der Waals surface area (Å²) in [5, 5.41) is 2.73. The van der Waals surface area contributed by atoms with Gasteiger partial charge < -0.3 is 5.32 Å². The average Bonchev–Trinajstić information content (AvgIpc) is 3.20. The molecule has 1 amide bonds. The van der Waals surface area contributed by atoms with Gasteiger partial charge >= 0.3 is 6.18 Å². The maximum Gasteiger partial charge on any atom is 0.416 e. The van der Waals surface area contributed by atoms with E-state index in [-0.39, 0.29) is 30.6 Å². The quantitative estimate of drug-likeness (QED) is 0.855. The Hall–Kier alpha value is -1.77. The molecule has 2 rings (SSSR count). The molecule has 1 aliphatic carbocycles. The average molecular weight is 350 g/mol. The van der Waals surface area contributed by atoms with E-state index < -0.39 is 21.8 Å². The van der Waals surface area contributed by atoms with Gasteiger partial charge in [-0.25, -0.2) is 8.42 Å². The van der Waals surface area contributed by atoms with Crippen molar-refractivity contribution in [3.63, 3.8) is 0 Å². The summed E-state index contributed by atoms with van der Waals surface area (Å²) in [6.45, 7) is -0.122. The molecule has 0 heterocycles. The van der Waals surface area contributed by atoms with Crippen LogP contribution in [0.2, 0.25) is 0 Å². The van der Waals surface area contributed by atoms with Crippen molar-refractivity contribution >= 4 is 21.6 Å². The minimum atomic E-state index is -4.49. The summed E-state index contributed by atoms with van der Waals surface area (Å²) in [7, 11) is -3.70. The van der Waals surface area contributed by atoms with Gasteiger partial charge in [-0.2, -0.15) is 13.2 Å². The van der Waals surface area contributed by atoms with Gasteiger partial charge in [0.1, 0.15) is 0 Å². The number of amides is 1. The van der Waals surface area contributed by atoms with Crippen LogP contribution in [0, 0.1) is 0 Å². The number of carbonyl (C=O) groups is 1. The summed E-state index contributed by atoms with van der Waals surface area (Å²) in [6.07, 6.45) is -1.76. The first kappa shape index (κ1) is 17.6. The van der Waals surface area contributed by atoms with Crippen molar-refractivity contribution in [3.8, 4) is 0 Å². The Bertz CT molecular complexity index is 668. The van der Waals surface area contributed by atoms with E-state index in [4.69, 9.17) is 0 Å². The predicted molar refractivity (Wildman–Crippen MR) is 79.4 cm³/mol. The lowest BCUT2D eigenvalue weighted by Crippen LogP contribution is -2.35. The van der Waals surface area contributed by atoms with E-state index in [1.165, 1.54) is 0 Å². The maximum atomic E-state index is 12.6. The van der Waals surface area contributed by atoms with Crippen LogP contribution in [-0.2, 0) is 21.0 Å². The summed E-state index contributed by atoms with van der Waals surface area (Å²) < 4.78 is 62.2. The number of sulfonamides is 1. The molecule has 0 radical (unpaired) electrons. The molecule has 1 saturated carbocycles. The zero-order chi connectivity index (χ0) is 17.3. The van der Waals surface area contributed by atoms with Gasteiger partial charge in [-0.15, -0.1) is 0 Å². The molecule has 0 spiro atoms. The number of nitrogens with zero attached hydrogens (tertiary/aromatic N) is 1. The van der Waals surface area contributed by atoms with Gasteiger partial charge in [0.05, 0.1) is 17.5 Å². The van der Waals surface area contributed by atoms with Gasteiger partial charge in [-0.05, 0) is 37.1 Å². The molecule has 0 bridgehead atoms. The molecule has 0 saturated heterocycles. The molecule has 1 fully saturated rings. The fraction of sp³-hybridized carbons (Fsp3) is 0.500. The fourth-order valence-electron chi connectivity index (χ4n) is 2.03. The molecular formula is C14H17F3N2O3S. The third-order valence-corrected chi connectivity index (χ3v) is 4.56. The summed E-state index contributed by atoms with van der Waals surface area (Å²) in [6, 6.07) is 3.97. The van der Waals surface area contributed by atoms with E-state index >= 15 is 0 Å². The normalized spacial score (nSPS) is 15.3. The second kappa shape index (κ2) is 6.38. The van der Waals surface area contributed by atoms with Gasteiger partial charge in [0, 0.05) is 19.0 Å². The highest BCUT2D eigenvalue weighted by Crippen LogP contribution is 2.31. The standard InChI is InChI=1S/C14H17F3N2O3S/c1-23(21,22)19(9-8-13(20)18-11-4-5-11)12-6-2-10(3-7-12)14(15,16)17/h2-3,6-7,11H,4-5,8-9H2,1H3,(H,18,20). The largest absolute Gasteiger partial charge is 0.416 e. The molecule has 1 aliphatic rings. The second-order valence-corrected chi connectivity index (χ2v) is 7.38. The Balaban J connectivity index is 2.10. The van der Waals surface area contributed by atoms with E-state index in [1.807, 2.05) is 0 Å². The molecule has 5 nitrogen and oxygen atoms in total. The van der Waals surface area contributed by atoms with Gasteiger partial charge in [0.25, 0.3) is 0 Å². The van der Waals surface area contributed by atoms with Crippen molar-refractivity contribution in [2.45, 2.75) is 31.5 Å². The third kappa shape index (κ3) is 5.12. The molecular weight excluding hydrogens is 333 g/mol. The number of hydrogen-bond acceptors (Lipinski definition) is 3. The van der Waals surface area contributed by atoms with Crippen LogP contribution < -0.4 is 9.62 Å². The van der Waals surface area contributed by atoms with Crippen LogP contribution in [0.15, 0.2) is 24.3 Å². The first-order chi connectivity index (χ1) is 10.6.